The predicted molar refractivity (Wildman–Crippen MR) is 74.1 cm³/mol. The van der Waals surface area contributed by atoms with E-state index >= 15 is 0 Å². The lowest BCUT2D eigenvalue weighted by atomic mass is 9.87. The third-order valence-corrected chi connectivity index (χ3v) is 4.22. The summed E-state index contributed by atoms with van der Waals surface area (Å²) in [5, 5.41) is 0. The largest absolute Gasteiger partial charge is 0.748 e. The van der Waals surface area contributed by atoms with Crippen molar-refractivity contribution < 1.29 is 17.5 Å². The second kappa shape index (κ2) is 5.06. The molecule has 0 fully saturated rings. The van der Waals surface area contributed by atoms with Gasteiger partial charge in [0.2, 0.25) is 5.69 Å². The molecule has 1 aliphatic heterocycles. The van der Waals surface area contributed by atoms with Crippen LogP contribution in [-0.4, -0.2) is 36.1 Å². The van der Waals surface area contributed by atoms with Gasteiger partial charge in [0, 0.05) is 23.8 Å². The molecule has 0 saturated heterocycles. The first-order valence-electron chi connectivity index (χ1n) is 6.45. The number of fused-ring (bicyclic) bond motifs is 1. The minimum Gasteiger partial charge on any atom is -0.748 e. The Morgan fingerprint density at radius 3 is 2.58 bits per heavy atom. The molecular weight excluding hydrogens is 262 g/mol. The Bertz CT molecular complexity index is 603. The van der Waals surface area contributed by atoms with Crippen molar-refractivity contribution in [2.45, 2.75) is 32.1 Å². The van der Waals surface area contributed by atoms with Crippen molar-refractivity contribution in [1.82, 2.24) is 0 Å². The lowest BCUT2D eigenvalue weighted by Crippen LogP contribution is -2.17. The maximum Gasteiger partial charge on any atom is 0.209 e. The van der Waals surface area contributed by atoms with Crippen LogP contribution in [0.3, 0.4) is 0 Å². The van der Waals surface area contributed by atoms with Crippen LogP contribution < -0.4 is 0 Å². The van der Waals surface area contributed by atoms with Crippen LogP contribution in [0.2, 0.25) is 0 Å². The van der Waals surface area contributed by atoms with E-state index in [9.17, 15) is 13.0 Å². The molecule has 1 aromatic rings. The Morgan fingerprint density at radius 2 is 1.89 bits per heavy atom. The molecule has 0 aromatic heterocycles. The van der Waals surface area contributed by atoms with E-state index in [-0.39, 0.29) is 11.2 Å². The Hall–Kier alpha value is -1.20. The average molecular weight is 281 g/mol. The van der Waals surface area contributed by atoms with E-state index in [1.165, 1.54) is 11.3 Å². The summed E-state index contributed by atoms with van der Waals surface area (Å²) in [4.78, 5) is 0. The number of benzene rings is 1. The molecule has 0 amide bonds. The van der Waals surface area contributed by atoms with E-state index in [0.717, 1.165) is 6.54 Å². The number of para-hydroxylation sites is 1. The zero-order chi connectivity index (χ0) is 14.1. The van der Waals surface area contributed by atoms with Crippen LogP contribution in [0.5, 0.6) is 0 Å². The van der Waals surface area contributed by atoms with Gasteiger partial charge in [-0.3, -0.25) is 0 Å². The highest BCUT2D eigenvalue weighted by molar-refractivity contribution is 7.85. The summed E-state index contributed by atoms with van der Waals surface area (Å²) in [6, 6.07) is 8.23. The fourth-order valence-corrected chi connectivity index (χ4v) is 3.10. The van der Waals surface area contributed by atoms with Crippen molar-refractivity contribution in [1.29, 1.82) is 0 Å². The first-order valence-corrected chi connectivity index (χ1v) is 8.03. The third-order valence-electron chi connectivity index (χ3n) is 3.43. The molecule has 0 bridgehead atoms. The highest BCUT2D eigenvalue weighted by Gasteiger charge is 2.36. The lowest BCUT2D eigenvalue weighted by molar-refractivity contribution is -0.434. The van der Waals surface area contributed by atoms with E-state index in [1.54, 1.807) is 0 Å². The molecule has 1 aliphatic rings. The Labute approximate surface area is 114 Å². The minimum absolute atomic E-state index is 0.00119. The Morgan fingerprint density at radius 1 is 1.21 bits per heavy atom. The van der Waals surface area contributed by atoms with Gasteiger partial charge in [0.1, 0.15) is 6.54 Å². The third kappa shape index (κ3) is 3.42. The van der Waals surface area contributed by atoms with Gasteiger partial charge in [0.15, 0.2) is 6.21 Å². The molecule has 0 radical (unpaired) electrons. The summed E-state index contributed by atoms with van der Waals surface area (Å²) in [5.41, 5.74) is 2.46. The van der Waals surface area contributed by atoms with Gasteiger partial charge >= 0.3 is 0 Å². The first-order chi connectivity index (χ1) is 8.80. The molecule has 0 unspecified atom stereocenters. The highest BCUT2D eigenvalue weighted by atomic mass is 32.2. The maximum atomic E-state index is 10.6. The quantitative estimate of drug-likeness (QED) is 0.471. The number of rotatable bonds is 5. The molecular formula is C14H19NO3S. The molecule has 1 aromatic carbocycles. The Kier molecular flexibility index (Phi) is 3.78. The van der Waals surface area contributed by atoms with Crippen LogP contribution in [-0.2, 0) is 15.5 Å². The van der Waals surface area contributed by atoms with Crippen LogP contribution in [0.25, 0.3) is 0 Å². The maximum absolute atomic E-state index is 10.6. The van der Waals surface area contributed by atoms with Gasteiger partial charge in [-0.2, -0.15) is 0 Å². The van der Waals surface area contributed by atoms with Crippen LogP contribution in [0.1, 0.15) is 32.3 Å². The normalized spacial score (nSPS) is 17.1. The standard InChI is InChI=1S/C14H19NO3S/c1-14(2)11-15(9-5-6-10-19(16,17)18)13-8-4-3-7-12(13)14/h3-4,7-8,11H,5-6,9-10H2,1-2H3. The molecule has 0 aliphatic carbocycles. The number of unbranched alkanes of at least 4 members (excludes halogenated alkanes) is 1. The van der Waals surface area contributed by atoms with Crippen molar-refractivity contribution in [3.05, 3.63) is 29.8 Å². The summed E-state index contributed by atoms with van der Waals surface area (Å²) >= 11 is 0. The smallest absolute Gasteiger partial charge is 0.209 e. The van der Waals surface area contributed by atoms with Crippen LogP contribution >= 0.6 is 0 Å². The minimum atomic E-state index is -4.08. The van der Waals surface area contributed by atoms with Gasteiger partial charge in [-0.15, -0.1) is 0 Å². The summed E-state index contributed by atoms with van der Waals surface area (Å²) in [7, 11) is -4.08. The van der Waals surface area contributed by atoms with Crippen LogP contribution in [0.15, 0.2) is 24.3 Å². The van der Waals surface area contributed by atoms with Crippen LogP contribution in [0, 0.1) is 0 Å². The zero-order valence-corrected chi connectivity index (χ0v) is 12.1. The highest BCUT2D eigenvalue weighted by Crippen LogP contribution is 2.35. The molecule has 0 saturated carbocycles. The monoisotopic (exact) mass is 281 g/mol. The summed E-state index contributed by atoms with van der Waals surface area (Å²) in [5.74, 6) is -0.272. The van der Waals surface area contributed by atoms with Gasteiger partial charge in [0.25, 0.3) is 0 Å². The van der Waals surface area contributed by atoms with Crippen molar-refractivity contribution in [3.8, 4) is 0 Å². The molecule has 104 valence electrons. The second-order valence-corrected chi connectivity index (χ2v) is 7.05. The molecule has 0 atom stereocenters. The van der Waals surface area contributed by atoms with Gasteiger partial charge < -0.3 is 4.55 Å². The molecule has 5 heteroatoms. The van der Waals surface area contributed by atoms with Gasteiger partial charge in [-0.05, 0) is 20.3 Å². The van der Waals surface area contributed by atoms with Crippen molar-refractivity contribution in [2.75, 3.05) is 12.3 Å². The topological polar surface area (TPSA) is 60.2 Å². The first kappa shape index (κ1) is 14.2. The molecule has 0 spiro atoms. The molecule has 4 nitrogen and oxygen atoms in total. The molecule has 0 N–H and O–H groups in total. The SMILES string of the molecule is CC1(C)C=[N+](CCCCS(=O)(=O)[O-])c2ccccc21. The van der Waals surface area contributed by atoms with Gasteiger partial charge in [0.05, 0.1) is 15.5 Å². The summed E-state index contributed by atoms with van der Waals surface area (Å²) in [6.07, 6.45) is 3.28. The van der Waals surface area contributed by atoms with Crippen molar-refractivity contribution in [3.63, 3.8) is 0 Å². The lowest BCUT2D eigenvalue weighted by Gasteiger charge is -2.09. The van der Waals surface area contributed by atoms with E-state index in [2.05, 4.69) is 36.8 Å². The van der Waals surface area contributed by atoms with Gasteiger partial charge in [-0.1, -0.05) is 18.2 Å². The van der Waals surface area contributed by atoms with E-state index in [4.69, 9.17) is 0 Å². The number of nitrogens with zero attached hydrogens (tertiary/aromatic N) is 1. The zero-order valence-electron chi connectivity index (χ0n) is 11.3. The van der Waals surface area contributed by atoms with E-state index in [1.807, 2.05) is 12.1 Å². The van der Waals surface area contributed by atoms with E-state index in [0.29, 0.717) is 12.8 Å². The van der Waals surface area contributed by atoms with Crippen LogP contribution in [0.4, 0.5) is 5.69 Å². The fourth-order valence-electron chi connectivity index (χ4n) is 2.54. The summed E-state index contributed by atoms with van der Waals surface area (Å²) < 4.78 is 33.8. The molecule has 1 heterocycles. The number of hydrogen-bond donors (Lipinski definition) is 0. The Balaban J connectivity index is 2.03. The van der Waals surface area contributed by atoms with E-state index < -0.39 is 10.1 Å². The fraction of sp³-hybridized carbons (Fsp3) is 0.500. The second-order valence-electron chi connectivity index (χ2n) is 5.53. The van der Waals surface area contributed by atoms with Crippen molar-refractivity contribution in [2.24, 2.45) is 0 Å². The van der Waals surface area contributed by atoms with Gasteiger partial charge in [-0.25, -0.2) is 13.0 Å². The average Bonchev–Trinajstić information content (AvgIpc) is 2.57. The molecule has 19 heavy (non-hydrogen) atoms. The summed E-state index contributed by atoms with van der Waals surface area (Å²) in [6.45, 7) is 5.07. The predicted octanol–water partition coefficient (Wildman–Crippen LogP) is 2.02. The molecule has 2 rings (SSSR count). The number of hydrogen-bond acceptors (Lipinski definition) is 3. The van der Waals surface area contributed by atoms with Crippen molar-refractivity contribution >= 4 is 22.0 Å².